The van der Waals surface area contributed by atoms with Crippen LogP contribution in [-0.4, -0.2) is 41.3 Å². The number of aromatic nitrogens is 5. The van der Waals surface area contributed by atoms with Crippen molar-refractivity contribution >= 4 is 11.7 Å². The van der Waals surface area contributed by atoms with Crippen molar-refractivity contribution in [2.75, 3.05) is 6.54 Å². The summed E-state index contributed by atoms with van der Waals surface area (Å²) in [4.78, 5) is 38.4. The largest absolute Gasteiger partial charge is 0.337 e. The van der Waals surface area contributed by atoms with E-state index in [-0.39, 0.29) is 17.5 Å². The highest BCUT2D eigenvalue weighted by Crippen LogP contribution is 2.30. The predicted molar refractivity (Wildman–Crippen MR) is 95.6 cm³/mol. The van der Waals surface area contributed by atoms with Gasteiger partial charge in [0.25, 0.3) is 5.56 Å². The van der Waals surface area contributed by atoms with Crippen LogP contribution in [0.3, 0.4) is 0 Å². The number of carbonyl (C=O) groups excluding carboxylic acids is 1. The number of hydrogen-bond donors (Lipinski definition) is 1. The number of rotatable bonds is 5. The summed E-state index contributed by atoms with van der Waals surface area (Å²) in [5, 5.41) is 0. The lowest BCUT2D eigenvalue weighted by Gasteiger charge is -2.35. The molecule has 1 saturated heterocycles. The average molecular weight is 354 g/mol. The second-order valence-corrected chi connectivity index (χ2v) is 6.69. The van der Waals surface area contributed by atoms with Gasteiger partial charge in [0.15, 0.2) is 0 Å². The number of imidazole rings is 2. The zero-order valence-corrected chi connectivity index (χ0v) is 14.5. The number of carbonyl (C=O) groups is 1. The van der Waals surface area contributed by atoms with Gasteiger partial charge in [-0.25, -0.2) is 9.97 Å². The van der Waals surface area contributed by atoms with Crippen LogP contribution in [0.25, 0.3) is 5.78 Å². The molecule has 26 heavy (non-hydrogen) atoms. The Morgan fingerprint density at radius 2 is 2.19 bits per heavy atom. The van der Waals surface area contributed by atoms with Crippen LogP contribution in [0.2, 0.25) is 0 Å². The molecule has 1 unspecified atom stereocenters. The first-order valence-corrected chi connectivity index (χ1v) is 9.04. The standard InChI is InChI=1S/C18H22N6O2/c25-16(5-3-8-22-10-6-19-13-22)23-9-2-1-4-15(23)14-12-17(26)24-11-7-20-18(24)21-14/h6-7,10-13,15H,1-5,8-9H2,(H,20,21). The molecular formula is C18H22N6O2. The second-order valence-electron chi connectivity index (χ2n) is 6.69. The van der Waals surface area contributed by atoms with E-state index in [0.717, 1.165) is 44.5 Å². The summed E-state index contributed by atoms with van der Waals surface area (Å²) in [6, 6.07) is 1.51. The Morgan fingerprint density at radius 1 is 1.27 bits per heavy atom. The van der Waals surface area contributed by atoms with Crippen molar-refractivity contribution in [2.45, 2.75) is 44.7 Å². The molecule has 4 heterocycles. The van der Waals surface area contributed by atoms with Gasteiger partial charge in [-0.3, -0.25) is 14.0 Å². The van der Waals surface area contributed by atoms with Gasteiger partial charge in [-0.2, -0.15) is 0 Å². The second kappa shape index (κ2) is 7.15. The van der Waals surface area contributed by atoms with Gasteiger partial charge in [0.05, 0.1) is 12.4 Å². The van der Waals surface area contributed by atoms with Crippen molar-refractivity contribution in [1.82, 2.24) is 28.8 Å². The number of H-pyrrole nitrogens is 1. The van der Waals surface area contributed by atoms with Crippen LogP contribution in [0.5, 0.6) is 0 Å². The summed E-state index contributed by atoms with van der Waals surface area (Å²) in [6.45, 7) is 1.51. The van der Waals surface area contributed by atoms with Crippen LogP contribution in [0.1, 0.15) is 43.8 Å². The van der Waals surface area contributed by atoms with Crippen LogP contribution in [0.15, 0.2) is 42.0 Å². The highest BCUT2D eigenvalue weighted by molar-refractivity contribution is 5.76. The van der Waals surface area contributed by atoms with E-state index in [1.54, 1.807) is 31.0 Å². The fourth-order valence-electron chi connectivity index (χ4n) is 3.65. The van der Waals surface area contributed by atoms with Gasteiger partial charge in [-0.15, -0.1) is 0 Å². The van der Waals surface area contributed by atoms with Crippen molar-refractivity contribution in [1.29, 1.82) is 0 Å². The van der Waals surface area contributed by atoms with E-state index in [1.807, 2.05) is 15.7 Å². The molecule has 1 amide bonds. The number of likely N-dealkylation sites (tertiary alicyclic amines) is 1. The number of hydrogen-bond acceptors (Lipinski definition) is 4. The first kappa shape index (κ1) is 16.6. The third-order valence-electron chi connectivity index (χ3n) is 4.96. The van der Waals surface area contributed by atoms with Gasteiger partial charge in [-0.05, 0) is 25.7 Å². The fraction of sp³-hybridized carbons (Fsp3) is 0.444. The zero-order valence-electron chi connectivity index (χ0n) is 14.5. The van der Waals surface area contributed by atoms with Gasteiger partial charge < -0.3 is 14.5 Å². The van der Waals surface area contributed by atoms with Gasteiger partial charge >= 0.3 is 0 Å². The third kappa shape index (κ3) is 3.26. The van der Waals surface area contributed by atoms with Gasteiger partial charge in [-0.1, -0.05) is 0 Å². The molecule has 0 radical (unpaired) electrons. The minimum Gasteiger partial charge on any atom is -0.337 e. The number of piperidine rings is 1. The fourth-order valence-corrected chi connectivity index (χ4v) is 3.65. The highest BCUT2D eigenvalue weighted by Gasteiger charge is 2.28. The van der Waals surface area contributed by atoms with Crippen LogP contribution < -0.4 is 5.56 Å². The van der Waals surface area contributed by atoms with E-state index in [4.69, 9.17) is 0 Å². The van der Waals surface area contributed by atoms with Gasteiger partial charge in [0.1, 0.15) is 0 Å². The first-order chi connectivity index (χ1) is 12.7. The SMILES string of the molecule is O=C(CCCn1ccnc1)N1CCCCC1c1cc(=O)n2ccnc2[nH]1. The Labute approximate surface area is 150 Å². The van der Waals surface area contributed by atoms with Crippen LogP contribution in [0, 0.1) is 0 Å². The lowest BCUT2D eigenvalue weighted by molar-refractivity contribution is -0.135. The summed E-state index contributed by atoms with van der Waals surface area (Å²) in [7, 11) is 0. The lowest BCUT2D eigenvalue weighted by Crippen LogP contribution is -2.39. The molecule has 1 aliphatic heterocycles. The van der Waals surface area contributed by atoms with Crippen molar-refractivity contribution in [2.24, 2.45) is 0 Å². The molecule has 8 nitrogen and oxygen atoms in total. The molecule has 4 rings (SSSR count). The van der Waals surface area contributed by atoms with Gasteiger partial charge in [0, 0.05) is 56.1 Å². The molecule has 0 aromatic carbocycles. The topological polar surface area (TPSA) is 88.3 Å². The van der Waals surface area contributed by atoms with Crippen LogP contribution in [-0.2, 0) is 11.3 Å². The molecule has 8 heteroatoms. The molecular weight excluding hydrogens is 332 g/mol. The third-order valence-corrected chi connectivity index (χ3v) is 4.96. The van der Waals surface area contributed by atoms with Crippen molar-refractivity contribution in [3.8, 4) is 0 Å². The van der Waals surface area contributed by atoms with E-state index < -0.39 is 0 Å². The molecule has 1 fully saturated rings. The molecule has 0 spiro atoms. The van der Waals surface area contributed by atoms with E-state index in [1.165, 1.54) is 4.40 Å². The molecule has 1 N–H and O–H groups in total. The number of fused-ring (bicyclic) bond motifs is 1. The predicted octanol–water partition coefficient (Wildman–Crippen LogP) is 1.75. The Morgan fingerprint density at radius 3 is 3.04 bits per heavy atom. The van der Waals surface area contributed by atoms with Crippen molar-refractivity contribution < 1.29 is 4.79 Å². The average Bonchev–Trinajstić information content (AvgIpc) is 3.33. The zero-order chi connectivity index (χ0) is 17.9. The number of aryl methyl sites for hydroxylation is 1. The van der Waals surface area contributed by atoms with Crippen molar-refractivity contribution in [3.63, 3.8) is 0 Å². The van der Waals surface area contributed by atoms with Crippen LogP contribution in [0.4, 0.5) is 0 Å². The van der Waals surface area contributed by atoms with Gasteiger partial charge in [0.2, 0.25) is 11.7 Å². The molecule has 1 atom stereocenters. The first-order valence-electron chi connectivity index (χ1n) is 9.04. The van der Waals surface area contributed by atoms with E-state index in [0.29, 0.717) is 12.2 Å². The Bertz CT molecular complexity index is 942. The molecule has 136 valence electrons. The maximum atomic E-state index is 12.8. The summed E-state index contributed by atoms with van der Waals surface area (Å²) in [6.07, 6.45) is 12.8. The highest BCUT2D eigenvalue weighted by atomic mass is 16.2. The maximum Gasteiger partial charge on any atom is 0.259 e. The molecule has 3 aromatic rings. The maximum absolute atomic E-state index is 12.8. The van der Waals surface area contributed by atoms with E-state index in [2.05, 4.69) is 15.0 Å². The molecule has 3 aromatic heterocycles. The molecule has 0 saturated carbocycles. The van der Waals surface area contributed by atoms with Crippen LogP contribution >= 0.6 is 0 Å². The quantitative estimate of drug-likeness (QED) is 0.756. The lowest BCUT2D eigenvalue weighted by atomic mass is 9.98. The monoisotopic (exact) mass is 354 g/mol. The number of aromatic amines is 1. The molecule has 0 aliphatic carbocycles. The Kier molecular flexibility index (Phi) is 4.55. The summed E-state index contributed by atoms with van der Waals surface area (Å²) in [5.74, 6) is 0.657. The van der Waals surface area contributed by atoms with E-state index in [9.17, 15) is 9.59 Å². The number of nitrogens with zero attached hydrogens (tertiary/aromatic N) is 5. The number of amides is 1. The number of nitrogens with one attached hydrogen (secondary N) is 1. The Hall–Kier alpha value is -2.90. The van der Waals surface area contributed by atoms with E-state index >= 15 is 0 Å². The summed E-state index contributed by atoms with van der Waals surface area (Å²) in [5.41, 5.74) is 0.653. The smallest absolute Gasteiger partial charge is 0.259 e. The Balaban J connectivity index is 1.49. The molecule has 1 aliphatic rings. The minimum atomic E-state index is -0.121. The summed E-state index contributed by atoms with van der Waals surface area (Å²) < 4.78 is 3.45. The normalized spacial score (nSPS) is 17.7. The molecule has 0 bridgehead atoms. The summed E-state index contributed by atoms with van der Waals surface area (Å²) >= 11 is 0. The minimum absolute atomic E-state index is 0.0844. The van der Waals surface area contributed by atoms with Crippen molar-refractivity contribution in [3.05, 3.63) is 53.2 Å².